The highest BCUT2D eigenvalue weighted by Crippen LogP contribution is 2.28. The zero-order valence-corrected chi connectivity index (χ0v) is 11.4. The number of aryl methyl sites for hydroxylation is 1. The Morgan fingerprint density at radius 3 is 2.61 bits per heavy atom. The summed E-state index contributed by atoms with van der Waals surface area (Å²) in [5.74, 6) is 0.674. The number of ether oxygens (including phenoxy) is 1. The van der Waals surface area contributed by atoms with Crippen LogP contribution in [0.15, 0.2) is 41.3 Å². The van der Waals surface area contributed by atoms with Crippen molar-refractivity contribution in [3.63, 3.8) is 0 Å². The predicted octanol–water partition coefficient (Wildman–Crippen LogP) is 3.59. The van der Waals surface area contributed by atoms with E-state index in [9.17, 15) is 5.11 Å². The maximum atomic E-state index is 9.75. The van der Waals surface area contributed by atoms with Gasteiger partial charge in [0.2, 0.25) is 0 Å². The third-order valence-corrected chi connectivity index (χ3v) is 3.25. The maximum absolute atomic E-state index is 9.75. The molecule has 0 heterocycles. The molecule has 0 aliphatic rings. The lowest BCUT2D eigenvalue weighted by molar-refractivity contribution is 0.373. The summed E-state index contributed by atoms with van der Waals surface area (Å²) in [6, 6.07) is 11.6. The molecule has 0 spiro atoms. The van der Waals surface area contributed by atoms with Gasteiger partial charge >= 0.3 is 0 Å². The van der Waals surface area contributed by atoms with Crippen LogP contribution in [0.4, 0.5) is 0 Å². The minimum Gasteiger partial charge on any atom is -0.504 e. The van der Waals surface area contributed by atoms with Crippen LogP contribution in [0.25, 0.3) is 0 Å². The molecule has 2 nitrogen and oxygen atoms in total. The van der Waals surface area contributed by atoms with E-state index in [4.69, 9.17) is 4.74 Å². The summed E-state index contributed by atoms with van der Waals surface area (Å²) < 4.78 is 5.03. The Morgan fingerprint density at radius 1 is 1.17 bits per heavy atom. The molecule has 0 aliphatic heterocycles. The van der Waals surface area contributed by atoms with E-state index in [1.54, 1.807) is 19.2 Å². The number of rotatable bonds is 3. The molecule has 2 aromatic rings. The second kappa shape index (κ2) is 5.36. The van der Waals surface area contributed by atoms with Gasteiger partial charge in [0.25, 0.3) is 0 Å². The normalized spacial score (nSPS) is 10.4. The Labute approximate surface area is 113 Å². The minimum absolute atomic E-state index is 0.176. The Kier molecular flexibility index (Phi) is 3.82. The first kappa shape index (κ1) is 12.8. The molecule has 3 heteroatoms. The van der Waals surface area contributed by atoms with Gasteiger partial charge < -0.3 is 9.84 Å². The van der Waals surface area contributed by atoms with Crippen molar-refractivity contribution in [2.75, 3.05) is 7.11 Å². The van der Waals surface area contributed by atoms with Crippen molar-refractivity contribution in [1.29, 1.82) is 0 Å². The van der Waals surface area contributed by atoms with Crippen molar-refractivity contribution in [3.8, 4) is 11.5 Å². The molecular formula is C15H16O2S. The zero-order chi connectivity index (χ0) is 13.1. The van der Waals surface area contributed by atoms with E-state index in [-0.39, 0.29) is 5.75 Å². The first-order valence-corrected chi connectivity index (χ1v) is 6.19. The Bertz CT molecular complexity index is 564. The van der Waals surface area contributed by atoms with Crippen molar-refractivity contribution in [2.45, 2.75) is 18.2 Å². The summed E-state index contributed by atoms with van der Waals surface area (Å²) in [5.41, 5.74) is 3.49. The Balaban J connectivity index is 2.28. The topological polar surface area (TPSA) is 29.5 Å². The molecule has 0 atom stereocenters. The summed E-state index contributed by atoms with van der Waals surface area (Å²) in [6.45, 7) is 2.08. The molecule has 94 valence electrons. The second-order valence-electron chi connectivity index (χ2n) is 4.29. The number of thiol groups is 1. The fraction of sp³-hybridized carbons (Fsp3) is 0.200. The van der Waals surface area contributed by atoms with Crippen LogP contribution in [0.3, 0.4) is 0 Å². The third-order valence-electron chi connectivity index (χ3n) is 2.97. The monoisotopic (exact) mass is 260 g/mol. The smallest absolute Gasteiger partial charge is 0.160 e. The summed E-state index contributed by atoms with van der Waals surface area (Å²) in [5, 5.41) is 9.75. The molecule has 2 aromatic carbocycles. The summed E-state index contributed by atoms with van der Waals surface area (Å²) >= 11 is 4.35. The molecule has 0 amide bonds. The van der Waals surface area contributed by atoms with E-state index < -0.39 is 0 Å². The molecule has 0 fully saturated rings. The number of hydrogen-bond acceptors (Lipinski definition) is 3. The van der Waals surface area contributed by atoms with Crippen LogP contribution < -0.4 is 4.74 Å². The van der Waals surface area contributed by atoms with Gasteiger partial charge in [0.1, 0.15) is 0 Å². The number of phenols is 1. The fourth-order valence-corrected chi connectivity index (χ4v) is 2.14. The minimum atomic E-state index is 0.176. The van der Waals surface area contributed by atoms with E-state index in [1.165, 1.54) is 11.1 Å². The van der Waals surface area contributed by atoms with E-state index in [0.29, 0.717) is 5.75 Å². The lowest BCUT2D eigenvalue weighted by atomic mass is 10.0. The van der Waals surface area contributed by atoms with Gasteiger partial charge in [0, 0.05) is 4.90 Å². The highest BCUT2D eigenvalue weighted by atomic mass is 32.1. The lowest BCUT2D eigenvalue weighted by Gasteiger charge is -2.09. The molecule has 0 bridgehead atoms. The summed E-state index contributed by atoms with van der Waals surface area (Å²) in [7, 11) is 1.54. The van der Waals surface area contributed by atoms with Gasteiger partial charge in [-0.05, 0) is 54.3 Å². The highest BCUT2D eigenvalue weighted by molar-refractivity contribution is 7.80. The van der Waals surface area contributed by atoms with Gasteiger partial charge in [-0.1, -0.05) is 12.1 Å². The Morgan fingerprint density at radius 2 is 1.94 bits per heavy atom. The maximum Gasteiger partial charge on any atom is 0.160 e. The standard InChI is InChI=1S/C15H16O2S/c1-10-3-5-13(18)9-12(10)7-11-4-6-15(17-2)14(16)8-11/h3-6,8-9,16,18H,7H2,1-2H3. The van der Waals surface area contributed by atoms with Crippen molar-refractivity contribution >= 4 is 12.6 Å². The quantitative estimate of drug-likeness (QED) is 0.826. The van der Waals surface area contributed by atoms with Crippen LogP contribution in [0.5, 0.6) is 11.5 Å². The Hall–Kier alpha value is -1.61. The molecule has 0 unspecified atom stereocenters. The first-order valence-electron chi connectivity index (χ1n) is 5.74. The number of phenolic OH excluding ortho intramolecular Hbond substituents is 1. The number of benzene rings is 2. The average molecular weight is 260 g/mol. The first-order chi connectivity index (χ1) is 8.60. The van der Waals surface area contributed by atoms with Crippen molar-refractivity contribution < 1.29 is 9.84 Å². The highest BCUT2D eigenvalue weighted by Gasteiger charge is 2.05. The van der Waals surface area contributed by atoms with Crippen LogP contribution in [-0.2, 0) is 6.42 Å². The molecule has 0 saturated heterocycles. The molecule has 0 saturated carbocycles. The molecule has 0 aliphatic carbocycles. The number of methoxy groups -OCH3 is 1. The van der Waals surface area contributed by atoms with Gasteiger partial charge in [0.15, 0.2) is 11.5 Å². The van der Waals surface area contributed by atoms with E-state index in [1.807, 2.05) is 12.1 Å². The van der Waals surface area contributed by atoms with Gasteiger partial charge in [0.05, 0.1) is 7.11 Å². The van der Waals surface area contributed by atoms with E-state index in [0.717, 1.165) is 16.9 Å². The largest absolute Gasteiger partial charge is 0.504 e. The average Bonchev–Trinajstić information content (AvgIpc) is 2.34. The van der Waals surface area contributed by atoms with Gasteiger partial charge in [-0.25, -0.2) is 0 Å². The SMILES string of the molecule is COc1ccc(Cc2cc(S)ccc2C)cc1O. The van der Waals surface area contributed by atoms with Crippen molar-refractivity contribution in [2.24, 2.45) is 0 Å². The molecule has 18 heavy (non-hydrogen) atoms. The van der Waals surface area contributed by atoms with Crippen LogP contribution >= 0.6 is 12.6 Å². The summed E-state index contributed by atoms with van der Waals surface area (Å²) in [6.07, 6.45) is 0.776. The molecule has 0 radical (unpaired) electrons. The fourth-order valence-electron chi connectivity index (χ4n) is 1.91. The lowest BCUT2D eigenvalue weighted by Crippen LogP contribution is -1.93. The van der Waals surface area contributed by atoms with Gasteiger partial charge in [-0.3, -0.25) is 0 Å². The van der Waals surface area contributed by atoms with Gasteiger partial charge in [-0.2, -0.15) is 0 Å². The molecule has 1 N–H and O–H groups in total. The van der Waals surface area contributed by atoms with Crippen molar-refractivity contribution in [1.82, 2.24) is 0 Å². The zero-order valence-electron chi connectivity index (χ0n) is 10.5. The molecular weight excluding hydrogens is 244 g/mol. The summed E-state index contributed by atoms with van der Waals surface area (Å²) in [4.78, 5) is 0.952. The third kappa shape index (κ3) is 2.79. The van der Waals surface area contributed by atoms with Crippen LogP contribution in [-0.4, -0.2) is 12.2 Å². The van der Waals surface area contributed by atoms with Crippen LogP contribution in [0.2, 0.25) is 0 Å². The number of hydrogen-bond donors (Lipinski definition) is 2. The molecule has 2 rings (SSSR count). The molecule has 0 aromatic heterocycles. The predicted molar refractivity (Wildman–Crippen MR) is 75.9 cm³/mol. The second-order valence-corrected chi connectivity index (χ2v) is 4.81. The number of aromatic hydroxyl groups is 1. The van der Waals surface area contributed by atoms with Gasteiger partial charge in [-0.15, -0.1) is 12.6 Å². The van der Waals surface area contributed by atoms with Crippen LogP contribution in [0, 0.1) is 6.92 Å². The van der Waals surface area contributed by atoms with E-state index >= 15 is 0 Å². The van der Waals surface area contributed by atoms with Crippen LogP contribution in [0.1, 0.15) is 16.7 Å². The van der Waals surface area contributed by atoms with E-state index in [2.05, 4.69) is 31.7 Å². The van der Waals surface area contributed by atoms with Crippen molar-refractivity contribution in [3.05, 3.63) is 53.1 Å².